The van der Waals surface area contributed by atoms with E-state index >= 15 is 0 Å². The second kappa shape index (κ2) is 9.25. The molecule has 0 bridgehead atoms. The summed E-state index contributed by atoms with van der Waals surface area (Å²) < 4.78 is 5.43. The number of methoxy groups -OCH3 is 1. The van der Waals surface area contributed by atoms with Crippen molar-refractivity contribution in [1.29, 1.82) is 0 Å². The van der Waals surface area contributed by atoms with E-state index in [1.807, 2.05) is 0 Å². The van der Waals surface area contributed by atoms with Gasteiger partial charge in [-0.05, 0) is 56.5 Å². The summed E-state index contributed by atoms with van der Waals surface area (Å²) in [5, 5.41) is 0. The van der Waals surface area contributed by atoms with Crippen LogP contribution in [0.25, 0.3) is 0 Å². The molecule has 31 heavy (non-hydrogen) atoms. The first-order valence-corrected chi connectivity index (χ1v) is 11.3. The van der Waals surface area contributed by atoms with Gasteiger partial charge < -0.3 is 4.74 Å². The van der Waals surface area contributed by atoms with Crippen molar-refractivity contribution in [2.45, 2.75) is 58.0 Å². The molecule has 0 radical (unpaired) electrons. The lowest BCUT2D eigenvalue weighted by Crippen LogP contribution is -2.38. The minimum absolute atomic E-state index is 0.182. The lowest BCUT2D eigenvalue weighted by molar-refractivity contribution is 0.0676. The van der Waals surface area contributed by atoms with Crippen molar-refractivity contribution < 1.29 is 4.74 Å². The standard InChI is InChI=1S/C28H34N2O/c1-20(2)29-26(22-12-8-6-9-13-22)27(23-14-10-7-11-15-23)30(21(3)4)28(29)24-16-18-25(31-5)19-17-24/h6-21,26-28H,1-5H3. The third-order valence-electron chi connectivity index (χ3n) is 6.39. The van der Waals surface area contributed by atoms with Crippen molar-refractivity contribution in [3.63, 3.8) is 0 Å². The van der Waals surface area contributed by atoms with Crippen LogP contribution < -0.4 is 4.74 Å². The van der Waals surface area contributed by atoms with E-state index in [-0.39, 0.29) is 18.2 Å². The predicted molar refractivity (Wildman–Crippen MR) is 128 cm³/mol. The minimum atomic E-state index is 0.182. The molecule has 1 fully saturated rings. The van der Waals surface area contributed by atoms with Gasteiger partial charge in [-0.15, -0.1) is 0 Å². The van der Waals surface area contributed by atoms with E-state index < -0.39 is 0 Å². The van der Waals surface area contributed by atoms with Crippen LogP contribution in [0.15, 0.2) is 84.9 Å². The van der Waals surface area contributed by atoms with Gasteiger partial charge in [0.25, 0.3) is 0 Å². The third-order valence-corrected chi connectivity index (χ3v) is 6.39. The minimum Gasteiger partial charge on any atom is -0.497 e. The predicted octanol–water partition coefficient (Wildman–Crippen LogP) is 6.61. The summed E-state index contributed by atoms with van der Waals surface area (Å²) in [7, 11) is 1.72. The van der Waals surface area contributed by atoms with Crippen LogP contribution in [0.3, 0.4) is 0 Å². The maximum Gasteiger partial charge on any atom is 0.118 e. The van der Waals surface area contributed by atoms with Crippen molar-refractivity contribution in [1.82, 2.24) is 9.80 Å². The lowest BCUT2D eigenvalue weighted by atomic mass is 9.92. The van der Waals surface area contributed by atoms with Crippen molar-refractivity contribution in [2.24, 2.45) is 0 Å². The summed E-state index contributed by atoms with van der Waals surface area (Å²) in [6.07, 6.45) is 0.182. The molecule has 0 N–H and O–H groups in total. The molecule has 3 heteroatoms. The zero-order chi connectivity index (χ0) is 22.0. The van der Waals surface area contributed by atoms with Gasteiger partial charge >= 0.3 is 0 Å². The summed E-state index contributed by atoms with van der Waals surface area (Å²) in [5.74, 6) is 0.896. The van der Waals surface area contributed by atoms with Crippen LogP contribution in [0, 0.1) is 0 Å². The molecule has 3 aromatic carbocycles. The number of hydrogen-bond acceptors (Lipinski definition) is 3. The Kier molecular flexibility index (Phi) is 6.45. The first-order chi connectivity index (χ1) is 15.0. The fourth-order valence-electron chi connectivity index (χ4n) is 5.12. The SMILES string of the molecule is COc1ccc(C2N(C(C)C)C(c3ccccc3)C(c3ccccc3)N2C(C)C)cc1. The average Bonchev–Trinajstić information content (AvgIpc) is 3.17. The zero-order valence-corrected chi connectivity index (χ0v) is 19.3. The molecule has 162 valence electrons. The highest BCUT2D eigenvalue weighted by molar-refractivity contribution is 5.35. The van der Waals surface area contributed by atoms with Gasteiger partial charge in [-0.3, -0.25) is 9.80 Å². The average molecular weight is 415 g/mol. The highest BCUT2D eigenvalue weighted by atomic mass is 16.5. The molecule has 0 amide bonds. The zero-order valence-electron chi connectivity index (χ0n) is 19.3. The highest BCUT2D eigenvalue weighted by Crippen LogP contribution is 2.54. The normalized spacial score (nSPS) is 22.4. The maximum absolute atomic E-state index is 5.43. The second-order valence-electron chi connectivity index (χ2n) is 8.94. The van der Waals surface area contributed by atoms with Gasteiger partial charge in [0.05, 0.1) is 25.4 Å². The van der Waals surface area contributed by atoms with Crippen LogP contribution in [0.5, 0.6) is 5.75 Å². The van der Waals surface area contributed by atoms with E-state index in [1.165, 1.54) is 16.7 Å². The van der Waals surface area contributed by atoms with Gasteiger partial charge in [0, 0.05) is 12.1 Å². The van der Waals surface area contributed by atoms with Crippen molar-refractivity contribution in [3.05, 3.63) is 102 Å². The van der Waals surface area contributed by atoms with E-state index in [4.69, 9.17) is 4.74 Å². The quantitative estimate of drug-likeness (QED) is 0.451. The monoisotopic (exact) mass is 414 g/mol. The van der Waals surface area contributed by atoms with E-state index in [0.29, 0.717) is 12.1 Å². The van der Waals surface area contributed by atoms with E-state index in [0.717, 1.165) is 5.75 Å². The molecule has 1 aliphatic heterocycles. The number of nitrogens with zero attached hydrogens (tertiary/aromatic N) is 2. The molecule has 2 atom stereocenters. The fourth-order valence-corrected chi connectivity index (χ4v) is 5.12. The Morgan fingerprint density at radius 2 is 1.00 bits per heavy atom. The summed E-state index contributed by atoms with van der Waals surface area (Å²) >= 11 is 0. The molecule has 3 nitrogen and oxygen atoms in total. The molecule has 1 heterocycles. The van der Waals surface area contributed by atoms with Gasteiger partial charge in [0.15, 0.2) is 0 Å². The Bertz CT molecular complexity index is 896. The molecule has 0 aromatic heterocycles. The Morgan fingerprint density at radius 1 is 0.581 bits per heavy atom. The molecule has 1 saturated heterocycles. The van der Waals surface area contributed by atoms with Gasteiger partial charge in [-0.1, -0.05) is 72.8 Å². The highest BCUT2D eigenvalue weighted by Gasteiger charge is 2.50. The van der Waals surface area contributed by atoms with E-state index in [9.17, 15) is 0 Å². The summed E-state index contributed by atoms with van der Waals surface area (Å²) in [5.41, 5.74) is 4.04. The molecule has 0 saturated carbocycles. The molecular formula is C28H34N2O. The van der Waals surface area contributed by atoms with Crippen LogP contribution in [0.1, 0.15) is 62.6 Å². The van der Waals surface area contributed by atoms with Crippen molar-refractivity contribution >= 4 is 0 Å². The number of benzene rings is 3. The van der Waals surface area contributed by atoms with E-state index in [1.54, 1.807) is 7.11 Å². The van der Waals surface area contributed by atoms with Crippen LogP contribution in [0.4, 0.5) is 0 Å². The molecule has 2 unspecified atom stereocenters. The number of ether oxygens (including phenoxy) is 1. The molecule has 4 rings (SSSR count). The number of rotatable bonds is 6. The summed E-state index contributed by atoms with van der Waals surface area (Å²) in [4.78, 5) is 5.38. The first kappa shape index (κ1) is 21.6. The molecule has 3 aromatic rings. The number of hydrogen-bond donors (Lipinski definition) is 0. The first-order valence-electron chi connectivity index (χ1n) is 11.3. The molecule has 0 spiro atoms. The fraction of sp³-hybridized carbons (Fsp3) is 0.357. The van der Waals surface area contributed by atoms with E-state index in [2.05, 4.69) is 122 Å². The summed E-state index contributed by atoms with van der Waals surface area (Å²) in [6, 6.07) is 31.9. The maximum atomic E-state index is 5.43. The van der Waals surface area contributed by atoms with Gasteiger partial charge in [-0.2, -0.15) is 0 Å². The molecule has 0 aliphatic carbocycles. The van der Waals surface area contributed by atoms with Gasteiger partial charge in [-0.25, -0.2) is 0 Å². The Morgan fingerprint density at radius 3 is 1.35 bits per heavy atom. The second-order valence-corrected chi connectivity index (χ2v) is 8.94. The van der Waals surface area contributed by atoms with Crippen LogP contribution in [-0.2, 0) is 0 Å². The van der Waals surface area contributed by atoms with Crippen LogP contribution >= 0.6 is 0 Å². The lowest BCUT2D eigenvalue weighted by Gasteiger charge is -2.37. The third kappa shape index (κ3) is 4.13. The smallest absolute Gasteiger partial charge is 0.118 e. The topological polar surface area (TPSA) is 15.7 Å². The largest absolute Gasteiger partial charge is 0.497 e. The van der Waals surface area contributed by atoms with Crippen molar-refractivity contribution in [2.75, 3.05) is 7.11 Å². The molecule has 1 aliphatic rings. The Hall–Kier alpha value is -2.62. The Balaban J connectivity index is 1.92. The van der Waals surface area contributed by atoms with Crippen LogP contribution in [-0.4, -0.2) is 29.0 Å². The summed E-state index contributed by atoms with van der Waals surface area (Å²) in [6.45, 7) is 9.27. The Labute approximate surface area is 187 Å². The van der Waals surface area contributed by atoms with Crippen LogP contribution in [0.2, 0.25) is 0 Å². The van der Waals surface area contributed by atoms with Gasteiger partial charge in [0.2, 0.25) is 0 Å². The molecular weight excluding hydrogens is 380 g/mol. The van der Waals surface area contributed by atoms with Gasteiger partial charge in [0.1, 0.15) is 5.75 Å². The van der Waals surface area contributed by atoms with Crippen molar-refractivity contribution in [3.8, 4) is 5.75 Å².